The van der Waals surface area contributed by atoms with Crippen LogP contribution in [0.15, 0.2) is 0 Å². The van der Waals surface area contributed by atoms with Crippen molar-refractivity contribution >= 4 is 23.1 Å². The lowest BCUT2D eigenvalue weighted by Crippen LogP contribution is -2.35. The number of nitrogens with zero attached hydrogens (tertiary/aromatic N) is 1. The summed E-state index contributed by atoms with van der Waals surface area (Å²) in [5, 5.41) is 0. The van der Waals surface area contributed by atoms with Crippen molar-refractivity contribution in [2.45, 2.75) is 19.3 Å². The van der Waals surface area contributed by atoms with Gasteiger partial charge in [-0.2, -0.15) is 0 Å². The van der Waals surface area contributed by atoms with Crippen molar-refractivity contribution < 1.29 is 4.79 Å². The Balaban J connectivity index is 2.35. The van der Waals surface area contributed by atoms with E-state index in [4.69, 9.17) is 23.7 Å². The quantitative estimate of drug-likeness (QED) is 0.605. The highest BCUT2D eigenvalue weighted by molar-refractivity contribution is 7.80. The van der Waals surface area contributed by atoms with Crippen molar-refractivity contribution in [3.63, 3.8) is 0 Å². The van der Waals surface area contributed by atoms with Gasteiger partial charge in [-0.25, -0.2) is 0 Å². The number of carbonyl (C=O) groups is 1. The van der Waals surface area contributed by atoms with E-state index in [0.29, 0.717) is 11.5 Å². The molecule has 1 aliphatic carbocycles. The molecule has 0 saturated heterocycles. The maximum atomic E-state index is 10.7. The summed E-state index contributed by atoms with van der Waals surface area (Å²) >= 11 is 4.89. The highest BCUT2D eigenvalue weighted by Crippen LogP contribution is 2.49. The molecule has 0 aliphatic heterocycles. The zero-order valence-electron chi connectivity index (χ0n) is 8.45. The SMILES string of the molecule is CN(CC(N)=O)CC1(CC(N)=S)CC1. The van der Waals surface area contributed by atoms with E-state index in [-0.39, 0.29) is 11.3 Å². The maximum Gasteiger partial charge on any atom is 0.231 e. The van der Waals surface area contributed by atoms with Crippen LogP contribution < -0.4 is 11.5 Å². The molecule has 0 bridgehead atoms. The van der Waals surface area contributed by atoms with E-state index in [2.05, 4.69) is 0 Å². The van der Waals surface area contributed by atoms with E-state index in [1.807, 2.05) is 11.9 Å². The predicted molar refractivity (Wildman–Crippen MR) is 59.8 cm³/mol. The lowest BCUT2D eigenvalue weighted by molar-refractivity contribution is -0.119. The first kappa shape index (κ1) is 11.4. The third-order valence-corrected chi connectivity index (χ3v) is 2.68. The average molecular weight is 215 g/mol. The van der Waals surface area contributed by atoms with Gasteiger partial charge < -0.3 is 11.5 Å². The van der Waals surface area contributed by atoms with Crippen LogP contribution in [0, 0.1) is 5.41 Å². The number of amides is 1. The van der Waals surface area contributed by atoms with Crippen molar-refractivity contribution in [1.82, 2.24) is 4.90 Å². The summed E-state index contributed by atoms with van der Waals surface area (Å²) in [6.45, 7) is 1.16. The molecule has 0 aromatic rings. The fraction of sp³-hybridized carbons (Fsp3) is 0.778. The standard InChI is InChI=1S/C9H17N3OS/c1-12(5-7(10)13)6-9(2-3-9)4-8(11)14/h2-6H2,1H3,(H2,10,13)(H2,11,14). The van der Waals surface area contributed by atoms with Crippen LogP contribution in [0.2, 0.25) is 0 Å². The van der Waals surface area contributed by atoms with Gasteiger partial charge in [-0.1, -0.05) is 12.2 Å². The van der Waals surface area contributed by atoms with Gasteiger partial charge >= 0.3 is 0 Å². The Kier molecular flexibility index (Phi) is 3.44. The van der Waals surface area contributed by atoms with Gasteiger partial charge in [-0.15, -0.1) is 0 Å². The molecular weight excluding hydrogens is 198 g/mol. The number of thiocarbonyl (C=S) groups is 1. The van der Waals surface area contributed by atoms with E-state index in [1.54, 1.807) is 0 Å². The van der Waals surface area contributed by atoms with E-state index in [1.165, 1.54) is 0 Å². The minimum Gasteiger partial charge on any atom is -0.393 e. The molecule has 0 atom stereocenters. The Morgan fingerprint density at radius 2 is 2.07 bits per heavy atom. The molecule has 14 heavy (non-hydrogen) atoms. The minimum absolute atomic E-state index is 0.232. The van der Waals surface area contributed by atoms with Crippen molar-refractivity contribution in [3.8, 4) is 0 Å². The number of rotatable bonds is 6. The third-order valence-electron chi connectivity index (χ3n) is 2.54. The van der Waals surface area contributed by atoms with Crippen molar-refractivity contribution in [1.29, 1.82) is 0 Å². The lowest BCUT2D eigenvalue weighted by Gasteiger charge is -2.21. The maximum absolute atomic E-state index is 10.7. The normalized spacial score (nSPS) is 18.1. The molecule has 0 heterocycles. The van der Waals surface area contributed by atoms with Crippen LogP contribution in [0.4, 0.5) is 0 Å². The van der Waals surface area contributed by atoms with Crippen LogP contribution in [-0.2, 0) is 4.79 Å². The molecule has 1 amide bonds. The summed E-state index contributed by atoms with van der Waals surface area (Å²) in [4.78, 5) is 13.2. The van der Waals surface area contributed by atoms with E-state index >= 15 is 0 Å². The van der Waals surface area contributed by atoms with Gasteiger partial charge in [0.2, 0.25) is 5.91 Å². The average Bonchev–Trinajstić information content (AvgIpc) is 2.63. The predicted octanol–water partition coefficient (Wildman–Crippen LogP) is -0.140. The molecule has 1 saturated carbocycles. The molecule has 0 aromatic heterocycles. The van der Waals surface area contributed by atoms with Crippen molar-refractivity contribution in [2.24, 2.45) is 16.9 Å². The van der Waals surface area contributed by atoms with Crippen molar-refractivity contribution in [2.75, 3.05) is 20.1 Å². The summed E-state index contributed by atoms with van der Waals surface area (Å²) in [6, 6.07) is 0. The Morgan fingerprint density at radius 3 is 2.43 bits per heavy atom. The number of nitrogens with two attached hydrogens (primary N) is 2. The molecule has 0 unspecified atom stereocenters. The van der Waals surface area contributed by atoms with Gasteiger partial charge in [0.15, 0.2) is 0 Å². The van der Waals surface area contributed by atoms with Crippen LogP contribution in [-0.4, -0.2) is 35.9 Å². The fourth-order valence-corrected chi connectivity index (χ4v) is 2.14. The van der Waals surface area contributed by atoms with Gasteiger partial charge in [0.1, 0.15) is 0 Å². The van der Waals surface area contributed by atoms with E-state index in [9.17, 15) is 4.79 Å². The number of carbonyl (C=O) groups excluding carboxylic acids is 1. The minimum atomic E-state index is -0.293. The topological polar surface area (TPSA) is 72.3 Å². The van der Waals surface area contributed by atoms with Crippen LogP contribution in [0.5, 0.6) is 0 Å². The van der Waals surface area contributed by atoms with Crippen LogP contribution in [0.25, 0.3) is 0 Å². The van der Waals surface area contributed by atoms with Crippen molar-refractivity contribution in [3.05, 3.63) is 0 Å². The molecule has 1 rings (SSSR count). The van der Waals surface area contributed by atoms with Gasteiger partial charge in [0, 0.05) is 13.0 Å². The summed E-state index contributed by atoms with van der Waals surface area (Å²) in [5.41, 5.74) is 10.9. The van der Waals surface area contributed by atoms with Crippen LogP contribution in [0.1, 0.15) is 19.3 Å². The highest BCUT2D eigenvalue weighted by Gasteiger charge is 2.43. The molecule has 1 fully saturated rings. The Labute approximate surface area is 89.6 Å². The molecule has 80 valence electrons. The molecule has 1 aliphatic rings. The first-order chi connectivity index (χ1) is 6.43. The molecule has 4 N–H and O–H groups in total. The van der Waals surface area contributed by atoms with E-state index in [0.717, 1.165) is 25.8 Å². The molecule has 0 aromatic carbocycles. The first-order valence-electron chi connectivity index (χ1n) is 4.69. The van der Waals surface area contributed by atoms with E-state index < -0.39 is 0 Å². The van der Waals surface area contributed by atoms with Crippen LogP contribution in [0.3, 0.4) is 0 Å². The smallest absolute Gasteiger partial charge is 0.231 e. The second-order valence-corrected chi connectivity index (χ2v) is 4.81. The summed E-state index contributed by atoms with van der Waals surface area (Å²) in [5.74, 6) is -0.293. The summed E-state index contributed by atoms with van der Waals surface area (Å²) in [7, 11) is 1.89. The Morgan fingerprint density at radius 1 is 1.50 bits per heavy atom. The molecular formula is C9H17N3OS. The number of hydrogen-bond donors (Lipinski definition) is 2. The molecule has 0 spiro atoms. The Bertz CT molecular complexity index is 250. The summed E-state index contributed by atoms with van der Waals surface area (Å²) in [6.07, 6.45) is 3.08. The molecule has 5 heteroatoms. The lowest BCUT2D eigenvalue weighted by atomic mass is 10.0. The summed E-state index contributed by atoms with van der Waals surface area (Å²) < 4.78 is 0. The number of hydrogen-bond acceptors (Lipinski definition) is 3. The Hall–Kier alpha value is -0.680. The second kappa shape index (κ2) is 4.23. The van der Waals surface area contributed by atoms with Gasteiger partial charge in [0.25, 0.3) is 0 Å². The number of likely N-dealkylation sites (N-methyl/N-ethyl adjacent to an activating group) is 1. The van der Waals surface area contributed by atoms with Gasteiger partial charge in [0.05, 0.1) is 11.5 Å². The monoisotopic (exact) mass is 215 g/mol. The van der Waals surface area contributed by atoms with Gasteiger partial charge in [-0.3, -0.25) is 9.69 Å². The molecule has 4 nitrogen and oxygen atoms in total. The zero-order valence-corrected chi connectivity index (χ0v) is 9.27. The third kappa shape index (κ3) is 3.59. The zero-order chi connectivity index (χ0) is 10.8. The number of primary amides is 1. The second-order valence-electron chi connectivity index (χ2n) is 4.28. The first-order valence-corrected chi connectivity index (χ1v) is 5.09. The highest BCUT2D eigenvalue weighted by atomic mass is 32.1. The van der Waals surface area contributed by atoms with Crippen LogP contribution >= 0.6 is 12.2 Å². The largest absolute Gasteiger partial charge is 0.393 e. The fourth-order valence-electron chi connectivity index (χ4n) is 1.83. The molecule has 0 radical (unpaired) electrons. The van der Waals surface area contributed by atoms with Gasteiger partial charge in [-0.05, 0) is 25.3 Å².